The Morgan fingerprint density at radius 3 is 2.27 bits per heavy atom. The van der Waals surface area contributed by atoms with Gasteiger partial charge in [0.2, 0.25) is 5.91 Å². The van der Waals surface area contributed by atoms with Gasteiger partial charge < -0.3 is 14.2 Å². The Hall–Kier alpha value is -3.02. The molecule has 0 aromatic heterocycles. The lowest BCUT2D eigenvalue weighted by Crippen LogP contribution is -2.25. The van der Waals surface area contributed by atoms with E-state index in [0.717, 1.165) is 22.6 Å². The van der Waals surface area contributed by atoms with Gasteiger partial charge in [-0.05, 0) is 24.3 Å². The molecule has 6 nitrogen and oxygen atoms in total. The fourth-order valence-corrected chi connectivity index (χ4v) is 3.21. The van der Waals surface area contributed by atoms with E-state index in [1.54, 1.807) is 21.3 Å². The number of rotatable bonds is 5. The Morgan fingerprint density at radius 1 is 1.04 bits per heavy atom. The Morgan fingerprint density at radius 2 is 1.69 bits per heavy atom. The molecule has 1 atom stereocenters. The van der Waals surface area contributed by atoms with Crippen LogP contribution in [0.25, 0.3) is 0 Å². The summed E-state index contributed by atoms with van der Waals surface area (Å²) < 4.78 is 16.3. The first-order chi connectivity index (χ1) is 12.6. The summed E-state index contributed by atoms with van der Waals surface area (Å²) in [6, 6.07) is 13.0. The summed E-state index contributed by atoms with van der Waals surface area (Å²) in [7, 11) is 4.84. The van der Waals surface area contributed by atoms with Crippen molar-refractivity contribution in [3.63, 3.8) is 0 Å². The third-order valence-electron chi connectivity index (χ3n) is 4.44. The van der Waals surface area contributed by atoms with Crippen LogP contribution in [0, 0.1) is 0 Å². The quantitative estimate of drug-likeness (QED) is 0.826. The van der Waals surface area contributed by atoms with Gasteiger partial charge in [-0.2, -0.15) is 5.10 Å². The molecule has 136 valence electrons. The van der Waals surface area contributed by atoms with Crippen LogP contribution >= 0.6 is 0 Å². The lowest BCUT2D eigenvalue weighted by atomic mass is 9.96. The van der Waals surface area contributed by atoms with E-state index in [-0.39, 0.29) is 11.9 Å². The number of nitrogens with zero attached hydrogens (tertiary/aromatic N) is 2. The largest absolute Gasteiger partial charge is 0.497 e. The average molecular weight is 354 g/mol. The van der Waals surface area contributed by atoms with Crippen LogP contribution in [0.3, 0.4) is 0 Å². The molecule has 3 rings (SSSR count). The maximum atomic E-state index is 12.2. The van der Waals surface area contributed by atoms with Gasteiger partial charge in [0.15, 0.2) is 0 Å². The van der Waals surface area contributed by atoms with Gasteiger partial charge in [0.05, 0.1) is 38.6 Å². The van der Waals surface area contributed by atoms with Crippen molar-refractivity contribution in [1.82, 2.24) is 5.01 Å². The van der Waals surface area contributed by atoms with Crippen LogP contribution in [-0.2, 0) is 4.79 Å². The molecule has 0 N–H and O–H groups in total. The number of ether oxygens (including phenoxy) is 3. The van der Waals surface area contributed by atoms with E-state index in [1.165, 1.54) is 11.9 Å². The molecule has 6 heteroatoms. The van der Waals surface area contributed by atoms with Crippen molar-refractivity contribution >= 4 is 11.6 Å². The fourth-order valence-electron chi connectivity index (χ4n) is 3.21. The molecule has 1 aliphatic rings. The lowest BCUT2D eigenvalue weighted by Gasteiger charge is -2.24. The summed E-state index contributed by atoms with van der Waals surface area (Å²) in [6.07, 6.45) is 0.559. The molecule has 0 aliphatic carbocycles. The van der Waals surface area contributed by atoms with E-state index >= 15 is 0 Å². The second-order valence-electron chi connectivity index (χ2n) is 5.94. The van der Waals surface area contributed by atoms with E-state index in [0.29, 0.717) is 17.9 Å². The van der Waals surface area contributed by atoms with E-state index in [1.807, 2.05) is 42.5 Å². The summed E-state index contributed by atoms with van der Waals surface area (Å²) in [5, 5.41) is 6.07. The standard InChI is InChI=1S/C20H22N2O4/c1-13(23)22-17(20-18(25-3)9-6-10-19(20)26-4)12-16(21-22)14-7-5-8-15(11-14)24-2/h5-11,17H,12H2,1-4H3/t17-/m1/s1. The highest BCUT2D eigenvalue weighted by Crippen LogP contribution is 2.42. The van der Waals surface area contributed by atoms with Crippen LogP contribution in [0.5, 0.6) is 17.2 Å². The summed E-state index contributed by atoms with van der Waals surface area (Å²) >= 11 is 0. The number of hydrazone groups is 1. The molecule has 0 radical (unpaired) electrons. The van der Waals surface area contributed by atoms with E-state index in [4.69, 9.17) is 14.2 Å². The SMILES string of the molecule is COc1cccc(C2=NN(C(C)=O)[C@@H](c3c(OC)cccc3OC)C2)c1. The Labute approximate surface area is 153 Å². The minimum atomic E-state index is -0.292. The van der Waals surface area contributed by atoms with Gasteiger partial charge in [0.25, 0.3) is 0 Å². The highest BCUT2D eigenvalue weighted by atomic mass is 16.5. The molecule has 1 amide bonds. The number of amides is 1. The van der Waals surface area contributed by atoms with Crippen LogP contribution in [0.1, 0.15) is 30.5 Å². The fraction of sp³-hybridized carbons (Fsp3) is 0.300. The highest BCUT2D eigenvalue weighted by molar-refractivity contribution is 6.03. The third kappa shape index (κ3) is 3.22. The van der Waals surface area contributed by atoms with E-state index in [2.05, 4.69) is 5.10 Å². The third-order valence-corrected chi connectivity index (χ3v) is 4.44. The maximum absolute atomic E-state index is 12.2. The molecule has 1 aliphatic heterocycles. The first kappa shape index (κ1) is 17.8. The lowest BCUT2D eigenvalue weighted by molar-refractivity contribution is -0.130. The van der Waals surface area contributed by atoms with Crippen molar-refractivity contribution in [2.24, 2.45) is 5.10 Å². The predicted molar refractivity (Wildman–Crippen MR) is 99.0 cm³/mol. The smallest absolute Gasteiger partial charge is 0.240 e. The first-order valence-corrected chi connectivity index (χ1v) is 8.31. The zero-order valence-electron chi connectivity index (χ0n) is 15.4. The van der Waals surface area contributed by atoms with Crippen LogP contribution < -0.4 is 14.2 Å². The second kappa shape index (κ2) is 7.47. The summed E-state index contributed by atoms with van der Waals surface area (Å²) in [5.74, 6) is 1.95. The topological polar surface area (TPSA) is 60.4 Å². The van der Waals surface area contributed by atoms with Gasteiger partial charge in [0.1, 0.15) is 17.2 Å². The maximum Gasteiger partial charge on any atom is 0.240 e. The van der Waals surface area contributed by atoms with E-state index < -0.39 is 0 Å². The molecular weight excluding hydrogens is 332 g/mol. The monoisotopic (exact) mass is 354 g/mol. The zero-order chi connectivity index (χ0) is 18.7. The minimum absolute atomic E-state index is 0.138. The molecular formula is C20H22N2O4. The van der Waals surface area contributed by atoms with Crippen LogP contribution in [0.15, 0.2) is 47.6 Å². The van der Waals surface area contributed by atoms with Gasteiger partial charge in [-0.15, -0.1) is 0 Å². The molecule has 0 saturated heterocycles. The summed E-state index contributed by atoms with van der Waals surface area (Å²) in [5.41, 5.74) is 2.55. The van der Waals surface area contributed by atoms with Gasteiger partial charge in [-0.25, -0.2) is 5.01 Å². The molecule has 1 heterocycles. The van der Waals surface area contributed by atoms with Crippen LogP contribution in [0.2, 0.25) is 0 Å². The summed E-state index contributed by atoms with van der Waals surface area (Å²) in [4.78, 5) is 12.2. The number of hydrogen-bond acceptors (Lipinski definition) is 5. The molecule has 2 aromatic rings. The number of carbonyl (C=O) groups excluding carboxylic acids is 1. The predicted octanol–water partition coefficient (Wildman–Crippen LogP) is 3.41. The molecule has 0 saturated carbocycles. The second-order valence-corrected chi connectivity index (χ2v) is 5.94. The van der Waals surface area contributed by atoms with Crippen molar-refractivity contribution in [2.75, 3.05) is 21.3 Å². The van der Waals surface area contributed by atoms with Crippen molar-refractivity contribution in [3.8, 4) is 17.2 Å². The van der Waals surface area contributed by atoms with Gasteiger partial charge in [-0.3, -0.25) is 4.79 Å². The highest BCUT2D eigenvalue weighted by Gasteiger charge is 2.35. The molecule has 0 spiro atoms. The van der Waals surface area contributed by atoms with Crippen LogP contribution in [0.4, 0.5) is 0 Å². The number of methoxy groups -OCH3 is 3. The number of hydrogen-bond donors (Lipinski definition) is 0. The van der Waals surface area contributed by atoms with Crippen LogP contribution in [-0.4, -0.2) is 38.0 Å². The molecule has 0 unspecified atom stereocenters. The van der Waals surface area contributed by atoms with Gasteiger partial charge >= 0.3 is 0 Å². The van der Waals surface area contributed by atoms with Gasteiger partial charge in [0, 0.05) is 18.9 Å². The molecule has 0 bridgehead atoms. The first-order valence-electron chi connectivity index (χ1n) is 8.31. The van der Waals surface area contributed by atoms with Crippen molar-refractivity contribution in [3.05, 3.63) is 53.6 Å². The number of benzene rings is 2. The molecule has 0 fully saturated rings. The van der Waals surface area contributed by atoms with Gasteiger partial charge in [-0.1, -0.05) is 18.2 Å². The number of carbonyl (C=O) groups is 1. The molecule has 2 aromatic carbocycles. The summed E-state index contributed by atoms with van der Waals surface area (Å²) in [6.45, 7) is 1.51. The molecule has 26 heavy (non-hydrogen) atoms. The van der Waals surface area contributed by atoms with Crippen molar-refractivity contribution in [2.45, 2.75) is 19.4 Å². The Kier molecular flexibility index (Phi) is 5.11. The normalized spacial score (nSPS) is 16.2. The zero-order valence-corrected chi connectivity index (χ0v) is 15.4. The van der Waals surface area contributed by atoms with E-state index in [9.17, 15) is 4.79 Å². The van der Waals surface area contributed by atoms with Crippen molar-refractivity contribution < 1.29 is 19.0 Å². The van der Waals surface area contributed by atoms with Crippen molar-refractivity contribution in [1.29, 1.82) is 0 Å². The Balaban J connectivity index is 2.04. The average Bonchev–Trinajstić information content (AvgIpc) is 3.12. The Bertz CT molecular complexity index is 825. The minimum Gasteiger partial charge on any atom is -0.497 e.